The quantitative estimate of drug-likeness (QED) is 0.647. The van der Waals surface area contributed by atoms with Crippen LogP contribution < -0.4 is 4.91 Å². The molecule has 0 heterocycles. The Morgan fingerprint density at radius 2 is 1.93 bits per heavy atom. The van der Waals surface area contributed by atoms with E-state index < -0.39 is 10.0 Å². The number of halogens is 2. The van der Waals surface area contributed by atoms with Crippen molar-refractivity contribution in [1.82, 2.24) is 4.91 Å². The Hall–Kier alpha value is -0.940. The fourth-order valence-electron chi connectivity index (χ4n) is 0.738. The molecule has 8 heteroatoms. The van der Waals surface area contributed by atoms with E-state index in [1.165, 1.54) is 12.1 Å². The number of hydrogen-bond acceptors (Lipinski definition) is 3. The number of sulfonamides is 1. The predicted octanol–water partition coefficient (Wildman–Crippen LogP) is 2.23. The van der Waals surface area contributed by atoms with Crippen LogP contribution in [0.25, 0.3) is 0 Å². The first-order valence-corrected chi connectivity index (χ1v) is 5.46. The number of rotatable bonds is 2. The molecule has 0 saturated carbocycles. The van der Waals surface area contributed by atoms with E-state index >= 15 is 0 Å². The molecule has 0 radical (unpaired) electrons. The lowest BCUT2D eigenvalue weighted by atomic mass is 10.4. The van der Waals surface area contributed by atoms with Crippen molar-refractivity contribution in [2.75, 3.05) is 0 Å². The molecule has 0 amide bonds. The van der Waals surface area contributed by atoms with E-state index in [0.29, 0.717) is 0 Å². The van der Waals surface area contributed by atoms with Gasteiger partial charge in [-0.05, 0) is 18.2 Å². The van der Waals surface area contributed by atoms with Crippen LogP contribution in [-0.4, -0.2) is 8.42 Å². The molecule has 0 fully saturated rings. The third kappa shape index (κ3) is 2.30. The van der Waals surface area contributed by atoms with Crippen molar-refractivity contribution < 1.29 is 8.42 Å². The third-order valence-corrected chi connectivity index (χ3v) is 3.22. The number of benzene rings is 1. The molecule has 0 aliphatic rings. The van der Waals surface area contributed by atoms with Gasteiger partial charge in [-0.3, -0.25) is 0 Å². The molecule has 0 spiro atoms. The monoisotopic (exact) mass is 252 g/mol. The maximum absolute atomic E-state index is 11.2. The minimum absolute atomic E-state index is 0.105. The van der Waals surface area contributed by atoms with E-state index in [4.69, 9.17) is 28.7 Å². The van der Waals surface area contributed by atoms with Crippen molar-refractivity contribution in [1.29, 1.82) is 5.53 Å². The zero-order valence-electron chi connectivity index (χ0n) is 6.61. The summed E-state index contributed by atoms with van der Waals surface area (Å²) in [7, 11) is -3.92. The van der Waals surface area contributed by atoms with Gasteiger partial charge in [0.1, 0.15) is 5.53 Å². The lowest BCUT2D eigenvalue weighted by molar-refractivity contribution is 0.594. The molecule has 0 aliphatic heterocycles. The van der Waals surface area contributed by atoms with Crippen LogP contribution in [0.2, 0.25) is 10.0 Å². The average molecular weight is 253 g/mol. The normalized spacial score (nSPS) is 10.7. The highest BCUT2D eigenvalue weighted by molar-refractivity contribution is 7.90. The van der Waals surface area contributed by atoms with Gasteiger partial charge in [0.2, 0.25) is 4.91 Å². The maximum atomic E-state index is 11.2. The van der Waals surface area contributed by atoms with Gasteiger partial charge in [-0.25, -0.2) is 0 Å². The summed E-state index contributed by atoms with van der Waals surface area (Å²) < 4.78 is 25.2. The molecule has 0 aliphatic carbocycles. The molecular formula is C6H4Cl2N3O2S+. The van der Waals surface area contributed by atoms with Gasteiger partial charge in [0.05, 0.1) is 14.9 Å². The summed E-state index contributed by atoms with van der Waals surface area (Å²) in [6, 6.07) is 3.71. The van der Waals surface area contributed by atoms with Gasteiger partial charge in [-0.2, -0.15) is 8.42 Å². The second-order valence-electron chi connectivity index (χ2n) is 2.23. The van der Waals surface area contributed by atoms with E-state index in [2.05, 4.69) is 9.43 Å². The molecular weight excluding hydrogens is 249 g/mol. The lowest BCUT2D eigenvalue weighted by Gasteiger charge is -1.96. The van der Waals surface area contributed by atoms with Crippen molar-refractivity contribution in [3.63, 3.8) is 0 Å². The van der Waals surface area contributed by atoms with Gasteiger partial charge in [-0.1, -0.05) is 23.2 Å². The Labute approximate surface area is 89.9 Å². The van der Waals surface area contributed by atoms with Gasteiger partial charge in [0.15, 0.2) is 0 Å². The molecule has 1 aromatic carbocycles. The molecule has 0 atom stereocenters. The summed E-state index contributed by atoms with van der Waals surface area (Å²) in [4.78, 5) is 2.30. The van der Waals surface area contributed by atoms with Crippen molar-refractivity contribution in [3.05, 3.63) is 28.2 Å². The topological polar surface area (TPSA) is 84.4 Å². The standard InChI is InChI=1S/C6H4Cl2N3O2S/c7-5-2-1-4(3-6(5)8)14(12,13)11-10-9/h1-3,9H/q+1. The number of nitrogens with one attached hydrogen (secondary N) is 1. The van der Waals surface area contributed by atoms with Crippen LogP contribution in [0.1, 0.15) is 0 Å². The zero-order chi connectivity index (χ0) is 10.8. The van der Waals surface area contributed by atoms with Crippen molar-refractivity contribution in [2.24, 2.45) is 4.52 Å². The summed E-state index contributed by atoms with van der Waals surface area (Å²) in [5.74, 6) is 0. The van der Waals surface area contributed by atoms with Gasteiger partial charge in [0.25, 0.3) is 4.52 Å². The van der Waals surface area contributed by atoms with E-state index in [9.17, 15) is 8.42 Å². The van der Waals surface area contributed by atoms with Crippen LogP contribution >= 0.6 is 23.2 Å². The summed E-state index contributed by atoms with van der Waals surface area (Å²) in [5, 5.41) is 0.348. The number of hydrogen-bond donors (Lipinski definition) is 1. The Bertz CT molecular complexity index is 508. The highest BCUT2D eigenvalue weighted by Gasteiger charge is 2.19. The second-order valence-corrected chi connectivity index (χ2v) is 4.63. The van der Waals surface area contributed by atoms with Gasteiger partial charge in [-0.15, -0.1) is 0 Å². The van der Waals surface area contributed by atoms with E-state index in [-0.39, 0.29) is 14.9 Å². The third-order valence-electron chi connectivity index (χ3n) is 1.34. The molecule has 5 nitrogen and oxygen atoms in total. The number of nitrogens with zero attached hydrogens (tertiary/aromatic N) is 2. The van der Waals surface area contributed by atoms with E-state index in [1.807, 2.05) is 0 Å². The fraction of sp³-hybridized carbons (Fsp3) is 0. The van der Waals surface area contributed by atoms with Crippen LogP contribution in [0.3, 0.4) is 0 Å². The van der Waals surface area contributed by atoms with Gasteiger partial charge < -0.3 is 0 Å². The Balaban J connectivity index is 3.35. The van der Waals surface area contributed by atoms with Crippen molar-refractivity contribution in [2.45, 2.75) is 4.90 Å². The van der Waals surface area contributed by atoms with E-state index in [0.717, 1.165) is 6.07 Å². The van der Waals surface area contributed by atoms with Crippen LogP contribution in [-0.2, 0) is 10.0 Å². The molecule has 0 aromatic heterocycles. The summed E-state index contributed by atoms with van der Waals surface area (Å²) in [6.45, 7) is 0. The largest absolute Gasteiger partial charge is 0.355 e. The van der Waals surface area contributed by atoms with E-state index in [1.54, 1.807) is 0 Å². The highest BCUT2D eigenvalue weighted by Crippen LogP contribution is 2.25. The Kier molecular flexibility index (Phi) is 3.23. The summed E-state index contributed by atoms with van der Waals surface area (Å²) >= 11 is 11.2. The summed E-state index contributed by atoms with van der Waals surface area (Å²) in [6.07, 6.45) is 0. The fourth-order valence-corrected chi connectivity index (χ4v) is 1.81. The first-order chi connectivity index (χ1) is 6.47. The first-order valence-electron chi connectivity index (χ1n) is 3.26. The first kappa shape index (κ1) is 11.1. The molecule has 0 saturated heterocycles. The second kappa shape index (κ2) is 4.06. The van der Waals surface area contributed by atoms with Crippen LogP contribution in [0.4, 0.5) is 0 Å². The zero-order valence-corrected chi connectivity index (χ0v) is 8.94. The molecule has 74 valence electrons. The smallest absolute Gasteiger partial charge is 0.193 e. The van der Waals surface area contributed by atoms with Crippen LogP contribution in [0.5, 0.6) is 0 Å². The highest BCUT2D eigenvalue weighted by atomic mass is 35.5. The molecule has 1 rings (SSSR count). The molecule has 0 unspecified atom stereocenters. The maximum Gasteiger partial charge on any atom is 0.355 e. The molecule has 1 aromatic rings. The Morgan fingerprint density at radius 3 is 2.43 bits per heavy atom. The van der Waals surface area contributed by atoms with Gasteiger partial charge in [0, 0.05) is 0 Å². The minimum Gasteiger partial charge on any atom is -0.193 e. The van der Waals surface area contributed by atoms with Crippen molar-refractivity contribution in [3.8, 4) is 0 Å². The predicted molar refractivity (Wildman–Crippen MR) is 50.9 cm³/mol. The van der Waals surface area contributed by atoms with Crippen molar-refractivity contribution >= 4 is 33.2 Å². The molecule has 1 N–H and O–H groups in total. The minimum atomic E-state index is -3.92. The lowest BCUT2D eigenvalue weighted by Crippen LogP contribution is -1.96. The summed E-state index contributed by atoms with van der Waals surface area (Å²) in [5.41, 5.74) is 6.32. The van der Waals surface area contributed by atoms with Gasteiger partial charge >= 0.3 is 10.0 Å². The van der Waals surface area contributed by atoms with Crippen LogP contribution in [0, 0.1) is 5.53 Å². The molecule has 14 heavy (non-hydrogen) atoms. The average Bonchev–Trinajstić information content (AvgIpc) is 2.09. The Morgan fingerprint density at radius 1 is 1.29 bits per heavy atom. The van der Waals surface area contributed by atoms with Crippen LogP contribution in [0.15, 0.2) is 27.6 Å². The molecule has 0 bridgehead atoms. The SMILES string of the molecule is N=[N+]=NS(=O)(=O)c1ccc(Cl)c(Cl)c1.